The van der Waals surface area contributed by atoms with Crippen molar-refractivity contribution in [2.75, 3.05) is 11.5 Å². The molecule has 3 aromatic rings. The lowest BCUT2D eigenvalue weighted by atomic mass is 10.2. The topological polar surface area (TPSA) is 105 Å². The molecule has 0 saturated heterocycles. The van der Waals surface area contributed by atoms with E-state index in [1.807, 2.05) is 6.07 Å². The smallest absolute Gasteiger partial charge is 0.343 e. The Morgan fingerprint density at radius 1 is 0.897 bits per heavy atom. The molecule has 0 aliphatic rings. The van der Waals surface area contributed by atoms with Crippen LogP contribution >= 0.6 is 12.0 Å². The Bertz CT molecular complexity index is 1030. The Labute approximate surface area is 172 Å². The van der Waals surface area contributed by atoms with Gasteiger partial charge < -0.3 is 20.4 Å². The van der Waals surface area contributed by atoms with Gasteiger partial charge in [0.05, 0.1) is 28.2 Å². The lowest BCUT2D eigenvalue weighted by Gasteiger charge is -2.05. The highest BCUT2D eigenvalue weighted by atomic mass is 32.2. The molecule has 0 heterocycles. The maximum atomic E-state index is 12.0. The highest BCUT2D eigenvalue weighted by Crippen LogP contribution is 2.27. The molecule has 0 saturated carbocycles. The molecule has 0 bridgehead atoms. The van der Waals surface area contributed by atoms with Crippen molar-refractivity contribution in [3.63, 3.8) is 0 Å². The monoisotopic (exact) mass is 406 g/mol. The lowest BCUT2D eigenvalue weighted by molar-refractivity contribution is -0.127. The minimum absolute atomic E-state index is 0.410. The lowest BCUT2D eigenvalue weighted by Crippen LogP contribution is -2.07. The average Bonchev–Trinajstić information content (AvgIpc) is 2.73. The van der Waals surface area contributed by atoms with Crippen molar-refractivity contribution in [3.05, 3.63) is 90.0 Å². The summed E-state index contributed by atoms with van der Waals surface area (Å²) in [6.07, 6.45) is 2.89. The van der Waals surface area contributed by atoms with Crippen LogP contribution in [0, 0.1) is 0 Å². The summed E-state index contributed by atoms with van der Waals surface area (Å²) in [6.45, 7) is 0. The Morgan fingerprint density at radius 3 is 2.31 bits per heavy atom. The number of rotatable bonds is 6. The summed E-state index contributed by atoms with van der Waals surface area (Å²) in [5.41, 5.74) is 13.6. The number of hydrogen-bond acceptors (Lipinski definition) is 7. The second kappa shape index (κ2) is 9.48. The highest BCUT2D eigenvalue weighted by molar-refractivity contribution is 7.95. The molecule has 4 N–H and O–H groups in total. The summed E-state index contributed by atoms with van der Waals surface area (Å²) in [6, 6.07) is 20.4. The van der Waals surface area contributed by atoms with E-state index in [1.165, 1.54) is 6.08 Å². The molecular formula is C22H18N2O4S. The molecule has 29 heavy (non-hydrogen) atoms. The fourth-order valence-electron chi connectivity index (χ4n) is 2.31. The number of hydrogen-bond donors (Lipinski definition) is 2. The van der Waals surface area contributed by atoms with Gasteiger partial charge in [-0.1, -0.05) is 30.3 Å². The van der Waals surface area contributed by atoms with E-state index in [0.29, 0.717) is 27.6 Å². The first-order valence-corrected chi connectivity index (χ1v) is 9.34. The molecule has 0 atom stereocenters. The van der Waals surface area contributed by atoms with E-state index >= 15 is 0 Å². The van der Waals surface area contributed by atoms with Crippen molar-refractivity contribution in [1.29, 1.82) is 0 Å². The number of nitrogen functional groups attached to an aromatic ring is 2. The van der Waals surface area contributed by atoms with Crippen LogP contribution < -0.4 is 16.2 Å². The van der Waals surface area contributed by atoms with Crippen LogP contribution in [-0.4, -0.2) is 11.9 Å². The van der Waals surface area contributed by atoms with Crippen molar-refractivity contribution in [2.45, 2.75) is 4.90 Å². The Kier molecular flexibility index (Phi) is 6.55. The zero-order chi connectivity index (χ0) is 20.6. The molecule has 0 fully saturated rings. The molecule has 0 aliphatic carbocycles. The molecule has 3 aromatic carbocycles. The minimum Gasteiger partial charge on any atom is -0.423 e. The first-order chi connectivity index (χ1) is 14.0. The molecule has 0 unspecified atom stereocenters. The molecule has 0 amide bonds. The average molecular weight is 406 g/mol. The van der Waals surface area contributed by atoms with Crippen molar-refractivity contribution >= 4 is 41.4 Å². The number of benzene rings is 3. The molecule has 146 valence electrons. The number of nitrogens with two attached hydrogens (primary N) is 2. The van der Waals surface area contributed by atoms with E-state index in [-0.39, 0.29) is 0 Å². The SMILES string of the molecule is Nc1ccc(SOC(=O)/C=C/c2ccc(OC(=O)c3ccccc3)cc2)c(N)c1. The van der Waals surface area contributed by atoms with E-state index in [1.54, 1.807) is 72.8 Å². The standard InChI is InChI=1S/C22H18N2O4S/c23-17-9-12-20(19(24)14-17)29-28-21(25)13-8-15-6-10-18(11-7-15)27-22(26)16-4-2-1-3-5-16/h1-14H,23-24H2/b13-8+. The summed E-state index contributed by atoms with van der Waals surface area (Å²) >= 11 is 0.867. The molecule has 3 rings (SSSR count). The van der Waals surface area contributed by atoms with E-state index in [4.69, 9.17) is 20.4 Å². The van der Waals surface area contributed by atoms with Crippen LogP contribution in [0.4, 0.5) is 11.4 Å². The fraction of sp³-hybridized carbons (Fsp3) is 0. The zero-order valence-corrected chi connectivity index (χ0v) is 16.1. The molecule has 0 spiro atoms. The number of esters is 1. The summed E-state index contributed by atoms with van der Waals surface area (Å²) in [5, 5.41) is 0. The highest BCUT2D eigenvalue weighted by Gasteiger charge is 2.08. The summed E-state index contributed by atoms with van der Waals surface area (Å²) in [5.74, 6) is -0.560. The summed E-state index contributed by atoms with van der Waals surface area (Å²) in [4.78, 5) is 24.5. The van der Waals surface area contributed by atoms with E-state index in [9.17, 15) is 9.59 Å². The first-order valence-electron chi connectivity index (χ1n) is 8.60. The minimum atomic E-state index is -0.536. The van der Waals surface area contributed by atoms with Crippen LogP contribution in [-0.2, 0) is 8.98 Å². The predicted octanol–water partition coefficient (Wildman–Crippen LogP) is 4.33. The third kappa shape index (κ3) is 5.88. The van der Waals surface area contributed by atoms with Crippen LogP contribution in [0.25, 0.3) is 6.08 Å². The second-order valence-corrected chi connectivity index (χ2v) is 6.71. The van der Waals surface area contributed by atoms with Crippen molar-refractivity contribution in [3.8, 4) is 5.75 Å². The van der Waals surface area contributed by atoms with Crippen molar-refractivity contribution in [1.82, 2.24) is 0 Å². The van der Waals surface area contributed by atoms with Gasteiger partial charge in [0.25, 0.3) is 0 Å². The van der Waals surface area contributed by atoms with Gasteiger partial charge in [0.1, 0.15) is 5.75 Å². The zero-order valence-electron chi connectivity index (χ0n) is 15.3. The third-order valence-corrected chi connectivity index (χ3v) is 4.56. The maximum absolute atomic E-state index is 12.0. The number of carbonyl (C=O) groups excluding carboxylic acids is 2. The van der Waals surface area contributed by atoms with Crippen molar-refractivity contribution < 1.29 is 18.5 Å². The van der Waals surface area contributed by atoms with Gasteiger partial charge in [-0.3, -0.25) is 0 Å². The molecule has 0 radical (unpaired) electrons. The number of carbonyl (C=O) groups is 2. The normalized spacial score (nSPS) is 10.6. The van der Waals surface area contributed by atoms with Gasteiger partial charge in [0.15, 0.2) is 0 Å². The van der Waals surface area contributed by atoms with Gasteiger partial charge in [-0.25, -0.2) is 9.59 Å². The Balaban J connectivity index is 1.52. The Hall–Kier alpha value is -3.71. The van der Waals surface area contributed by atoms with Crippen LogP contribution in [0.3, 0.4) is 0 Å². The van der Waals surface area contributed by atoms with Crippen LogP contribution in [0.15, 0.2) is 83.8 Å². The van der Waals surface area contributed by atoms with E-state index < -0.39 is 11.9 Å². The third-order valence-electron chi connectivity index (χ3n) is 3.76. The van der Waals surface area contributed by atoms with Crippen LogP contribution in [0.1, 0.15) is 15.9 Å². The van der Waals surface area contributed by atoms with Gasteiger partial charge >= 0.3 is 11.9 Å². The first kappa shape index (κ1) is 20.0. The van der Waals surface area contributed by atoms with E-state index in [2.05, 4.69) is 0 Å². The van der Waals surface area contributed by atoms with Crippen LogP contribution in [0.2, 0.25) is 0 Å². The van der Waals surface area contributed by atoms with Crippen molar-refractivity contribution in [2.24, 2.45) is 0 Å². The molecule has 0 aromatic heterocycles. The summed E-state index contributed by atoms with van der Waals surface area (Å²) < 4.78 is 10.4. The number of anilines is 2. The van der Waals surface area contributed by atoms with Gasteiger partial charge in [-0.05, 0) is 54.1 Å². The largest absolute Gasteiger partial charge is 0.423 e. The van der Waals surface area contributed by atoms with E-state index in [0.717, 1.165) is 17.6 Å². The number of ether oxygens (including phenoxy) is 1. The molecule has 0 aliphatic heterocycles. The molecule has 6 nitrogen and oxygen atoms in total. The molecule has 7 heteroatoms. The second-order valence-electron chi connectivity index (χ2n) is 5.94. The van der Waals surface area contributed by atoms with Gasteiger partial charge in [-0.2, -0.15) is 0 Å². The van der Waals surface area contributed by atoms with Crippen LogP contribution in [0.5, 0.6) is 5.75 Å². The van der Waals surface area contributed by atoms with Gasteiger partial charge in [0, 0.05) is 11.8 Å². The van der Waals surface area contributed by atoms with Gasteiger partial charge in [0.2, 0.25) is 0 Å². The predicted molar refractivity (Wildman–Crippen MR) is 114 cm³/mol. The maximum Gasteiger partial charge on any atom is 0.343 e. The molecular weight excluding hydrogens is 388 g/mol. The fourth-order valence-corrected chi connectivity index (χ4v) is 2.81. The Morgan fingerprint density at radius 2 is 1.62 bits per heavy atom. The quantitative estimate of drug-likeness (QED) is 0.206. The summed E-state index contributed by atoms with van der Waals surface area (Å²) in [7, 11) is 0. The van der Waals surface area contributed by atoms with Gasteiger partial charge in [-0.15, -0.1) is 0 Å².